The Hall–Kier alpha value is -2.90. The molecule has 0 unspecified atom stereocenters. The van der Waals surface area contributed by atoms with Crippen LogP contribution in [0.3, 0.4) is 0 Å². The summed E-state index contributed by atoms with van der Waals surface area (Å²) in [6.45, 7) is 0.157. The van der Waals surface area contributed by atoms with Crippen molar-refractivity contribution in [2.24, 2.45) is 7.05 Å². The topological polar surface area (TPSA) is 99.0 Å². The number of hydrogen-bond donors (Lipinski definition) is 1. The molecule has 0 atom stereocenters. The molecule has 4 rings (SSSR count). The standard InChI is InChI=1S/C15H15N5O3/c1-20-6-2-3-11(20)15(21)16-8-13-17-14(19-23-13)10-7-12(22-18-10)9-4-5-9/h2-3,6-7,9H,4-5,8H2,1H3,(H,16,21). The Morgan fingerprint density at radius 3 is 3.00 bits per heavy atom. The van der Waals surface area contributed by atoms with E-state index in [0.29, 0.717) is 29.0 Å². The molecule has 0 aromatic carbocycles. The molecule has 1 aliphatic rings. The molecular formula is C15H15N5O3. The Morgan fingerprint density at radius 2 is 2.26 bits per heavy atom. The summed E-state index contributed by atoms with van der Waals surface area (Å²) in [6, 6.07) is 5.39. The first-order valence-corrected chi connectivity index (χ1v) is 7.40. The van der Waals surface area contributed by atoms with E-state index in [0.717, 1.165) is 18.6 Å². The zero-order chi connectivity index (χ0) is 15.8. The predicted octanol–water partition coefficient (Wildman–Crippen LogP) is 1.87. The molecule has 3 heterocycles. The van der Waals surface area contributed by atoms with Crippen LogP contribution in [-0.4, -0.2) is 25.8 Å². The molecular weight excluding hydrogens is 298 g/mol. The van der Waals surface area contributed by atoms with Crippen LogP contribution in [0.1, 0.15) is 40.9 Å². The van der Waals surface area contributed by atoms with Crippen molar-refractivity contribution in [2.45, 2.75) is 25.3 Å². The predicted molar refractivity (Wildman–Crippen MR) is 78.4 cm³/mol. The first-order valence-electron chi connectivity index (χ1n) is 7.40. The van der Waals surface area contributed by atoms with E-state index in [1.54, 1.807) is 10.6 Å². The van der Waals surface area contributed by atoms with Crippen LogP contribution in [0.15, 0.2) is 33.4 Å². The van der Waals surface area contributed by atoms with E-state index in [2.05, 4.69) is 20.6 Å². The Morgan fingerprint density at radius 1 is 1.39 bits per heavy atom. The largest absolute Gasteiger partial charge is 0.360 e. The van der Waals surface area contributed by atoms with Gasteiger partial charge in [-0.3, -0.25) is 4.79 Å². The maximum Gasteiger partial charge on any atom is 0.268 e. The molecule has 0 spiro atoms. The van der Waals surface area contributed by atoms with Gasteiger partial charge in [0.25, 0.3) is 5.91 Å². The lowest BCUT2D eigenvalue weighted by atomic mass is 10.3. The fourth-order valence-corrected chi connectivity index (χ4v) is 2.33. The summed E-state index contributed by atoms with van der Waals surface area (Å²) in [5.41, 5.74) is 1.12. The van der Waals surface area contributed by atoms with Crippen molar-refractivity contribution in [3.63, 3.8) is 0 Å². The zero-order valence-electron chi connectivity index (χ0n) is 12.5. The fraction of sp³-hybridized carbons (Fsp3) is 0.333. The van der Waals surface area contributed by atoms with Gasteiger partial charge in [0.15, 0.2) is 5.69 Å². The highest BCUT2D eigenvalue weighted by Gasteiger charge is 2.28. The lowest BCUT2D eigenvalue weighted by molar-refractivity contribution is 0.0938. The summed E-state index contributed by atoms with van der Waals surface area (Å²) in [7, 11) is 1.81. The maximum atomic E-state index is 12.0. The van der Waals surface area contributed by atoms with Gasteiger partial charge in [-0.1, -0.05) is 10.3 Å². The monoisotopic (exact) mass is 313 g/mol. The lowest BCUT2D eigenvalue weighted by Crippen LogP contribution is -2.24. The number of carbonyl (C=O) groups is 1. The van der Waals surface area contributed by atoms with Crippen LogP contribution in [0.2, 0.25) is 0 Å². The summed E-state index contributed by atoms with van der Waals surface area (Å²) < 4.78 is 12.1. The first-order chi connectivity index (χ1) is 11.2. The summed E-state index contributed by atoms with van der Waals surface area (Å²) in [6.07, 6.45) is 4.08. The Balaban J connectivity index is 1.41. The highest BCUT2D eigenvalue weighted by Crippen LogP contribution is 2.40. The first kappa shape index (κ1) is 13.7. The van der Waals surface area contributed by atoms with Gasteiger partial charge < -0.3 is 18.9 Å². The van der Waals surface area contributed by atoms with Crippen LogP contribution in [-0.2, 0) is 13.6 Å². The molecule has 1 N–H and O–H groups in total. The van der Waals surface area contributed by atoms with E-state index in [4.69, 9.17) is 9.05 Å². The second-order valence-electron chi connectivity index (χ2n) is 5.59. The van der Waals surface area contributed by atoms with Crippen LogP contribution in [0.4, 0.5) is 0 Å². The third-order valence-electron chi connectivity index (χ3n) is 3.78. The molecule has 0 aliphatic heterocycles. The van der Waals surface area contributed by atoms with E-state index in [9.17, 15) is 4.79 Å². The summed E-state index contributed by atoms with van der Waals surface area (Å²) in [4.78, 5) is 16.2. The van der Waals surface area contributed by atoms with Crippen molar-refractivity contribution in [3.05, 3.63) is 41.7 Å². The van der Waals surface area contributed by atoms with Crippen molar-refractivity contribution in [3.8, 4) is 11.5 Å². The second kappa shape index (κ2) is 5.38. The van der Waals surface area contributed by atoms with Crippen LogP contribution in [0.5, 0.6) is 0 Å². The molecule has 1 aliphatic carbocycles. The molecule has 0 radical (unpaired) electrons. The summed E-state index contributed by atoms with van der Waals surface area (Å²) in [5.74, 6) is 1.83. The van der Waals surface area contributed by atoms with Gasteiger partial charge in [0.2, 0.25) is 11.7 Å². The number of nitrogens with zero attached hydrogens (tertiary/aromatic N) is 4. The number of rotatable bonds is 5. The number of amides is 1. The number of aryl methyl sites for hydroxylation is 1. The van der Waals surface area contributed by atoms with Gasteiger partial charge in [0.05, 0.1) is 6.54 Å². The molecule has 0 bridgehead atoms. The van der Waals surface area contributed by atoms with E-state index < -0.39 is 0 Å². The van der Waals surface area contributed by atoms with Gasteiger partial charge in [-0.05, 0) is 25.0 Å². The lowest BCUT2D eigenvalue weighted by Gasteiger charge is -2.02. The molecule has 23 heavy (non-hydrogen) atoms. The Kier molecular flexibility index (Phi) is 3.22. The average molecular weight is 313 g/mol. The third kappa shape index (κ3) is 2.75. The summed E-state index contributed by atoms with van der Waals surface area (Å²) >= 11 is 0. The van der Waals surface area contributed by atoms with Crippen molar-refractivity contribution in [1.82, 2.24) is 25.2 Å². The minimum atomic E-state index is -0.199. The quantitative estimate of drug-likeness (QED) is 0.772. The van der Waals surface area contributed by atoms with E-state index in [1.807, 2.05) is 25.4 Å². The van der Waals surface area contributed by atoms with Crippen LogP contribution in [0.25, 0.3) is 11.5 Å². The van der Waals surface area contributed by atoms with Gasteiger partial charge in [-0.25, -0.2) is 0 Å². The van der Waals surface area contributed by atoms with Gasteiger partial charge >= 0.3 is 0 Å². The number of carbonyl (C=O) groups excluding carboxylic acids is 1. The highest BCUT2D eigenvalue weighted by atomic mass is 16.5. The van der Waals surface area contributed by atoms with E-state index >= 15 is 0 Å². The van der Waals surface area contributed by atoms with Crippen molar-refractivity contribution < 1.29 is 13.8 Å². The molecule has 3 aromatic rings. The molecule has 8 nitrogen and oxygen atoms in total. The van der Waals surface area contributed by atoms with Gasteiger partial charge in [0, 0.05) is 25.2 Å². The smallest absolute Gasteiger partial charge is 0.268 e. The average Bonchev–Trinajstić information content (AvgIpc) is 2.96. The molecule has 1 saturated carbocycles. The number of aromatic nitrogens is 4. The maximum absolute atomic E-state index is 12.0. The molecule has 1 fully saturated rings. The second-order valence-corrected chi connectivity index (χ2v) is 5.59. The van der Waals surface area contributed by atoms with Crippen molar-refractivity contribution in [1.29, 1.82) is 0 Å². The zero-order valence-corrected chi connectivity index (χ0v) is 12.5. The molecule has 0 saturated heterocycles. The van der Waals surface area contributed by atoms with Gasteiger partial charge in [-0.2, -0.15) is 4.98 Å². The molecule has 118 valence electrons. The van der Waals surface area contributed by atoms with Gasteiger partial charge in [0.1, 0.15) is 11.5 Å². The normalized spacial score (nSPS) is 14.1. The van der Waals surface area contributed by atoms with Crippen LogP contribution < -0.4 is 5.32 Å². The van der Waals surface area contributed by atoms with E-state index in [1.165, 1.54) is 0 Å². The minimum Gasteiger partial charge on any atom is -0.360 e. The van der Waals surface area contributed by atoms with E-state index in [-0.39, 0.29) is 12.5 Å². The summed E-state index contributed by atoms with van der Waals surface area (Å²) in [5, 5.41) is 10.6. The highest BCUT2D eigenvalue weighted by molar-refractivity contribution is 5.92. The molecule has 8 heteroatoms. The number of hydrogen-bond acceptors (Lipinski definition) is 6. The number of nitrogens with one attached hydrogen (secondary N) is 1. The molecule has 1 amide bonds. The van der Waals surface area contributed by atoms with Crippen LogP contribution in [0, 0.1) is 0 Å². The SMILES string of the molecule is Cn1cccc1C(=O)NCc1nc(-c2cc(C3CC3)on2)no1. The Labute approximate surface area is 131 Å². The third-order valence-corrected chi connectivity index (χ3v) is 3.78. The van der Waals surface area contributed by atoms with Crippen molar-refractivity contribution >= 4 is 5.91 Å². The Bertz CT molecular complexity index is 843. The van der Waals surface area contributed by atoms with Gasteiger partial charge in [-0.15, -0.1) is 0 Å². The minimum absolute atomic E-state index is 0.157. The van der Waals surface area contributed by atoms with Crippen molar-refractivity contribution in [2.75, 3.05) is 0 Å². The molecule has 3 aromatic heterocycles. The van der Waals surface area contributed by atoms with Crippen LogP contribution >= 0.6 is 0 Å². The fourth-order valence-electron chi connectivity index (χ4n) is 2.33.